The van der Waals surface area contributed by atoms with Gasteiger partial charge in [-0.1, -0.05) is 46.3 Å². The Bertz CT molecular complexity index is 1150. The van der Waals surface area contributed by atoms with Crippen molar-refractivity contribution in [3.63, 3.8) is 0 Å². The van der Waals surface area contributed by atoms with Crippen molar-refractivity contribution in [3.05, 3.63) is 102 Å². The predicted molar refractivity (Wildman–Crippen MR) is 112 cm³/mol. The lowest BCUT2D eigenvalue weighted by Crippen LogP contribution is -2.06. The topological polar surface area (TPSA) is 43.1 Å². The number of benzene rings is 3. The van der Waals surface area contributed by atoms with E-state index >= 15 is 0 Å². The molecule has 3 nitrogen and oxygen atoms in total. The van der Waals surface area contributed by atoms with Gasteiger partial charge in [-0.2, -0.15) is 0 Å². The zero-order chi connectivity index (χ0) is 22.4. The van der Waals surface area contributed by atoms with Crippen molar-refractivity contribution in [1.29, 1.82) is 0 Å². The molecule has 0 N–H and O–H groups in total. The molecule has 0 radical (unpaired) electrons. The average Bonchev–Trinajstić information content (AvgIpc) is 3.24. The molecule has 8 heteroatoms. The molecule has 4 rings (SSSR count). The highest BCUT2D eigenvalue weighted by molar-refractivity contribution is 9.09. The van der Waals surface area contributed by atoms with Crippen LogP contribution >= 0.6 is 15.9 Å². The maximum absolute atomic E-state index is 13.6. The minimum Gasteiger partial charge on any atom is -0.444 e. The van der Waals surface area contributed by atoms with Crippen LogP contribution in [0.2, 0.25) is 0 Å². The Hall–Kier alpha value is -3.26. The smallest absolute Gasteiger partial charge is 0.226 e. The fraction of sp³-hybridized carbons (Fsp3) is 0.0435. The first-order chi connectivity index (χ1) is 14.9. The average molecular weight is 492 g/mol. The SMILES string of the molecule is Fc1cccc(F)c1-c1coc(-c2ccccc2)n1.O=C(CBr)c1c(F)cccc1F. The Labute approximate surface area is 183 Å². The van der Waals surface area contributed by atoms with Gasteiger partial charge in [0.15, 0.2) is 5.78 Å². The van der Waals surface area contributed by atoms with Gasteiger partial charge in [-0.25, -0.2) is 22.5 Å². The Morgan fingerprint density at radius 1 is 0.806 bits per heavy atom. The summed E-state index contributed by atoms with van der Waals surface area (Å²) in [6.45, 7) is 0. The Kier molecular flexibility index (Phi) is 7.36. The third-order valence-electron chi connectivity index (χ3n) is 4.11. The third kappa shape index (κ3) is 5.27. The molecule has 0 saturated heterocycles. The lowest BCUT2D eigenvalue weighted by atomic mass is 10.1. The van der Waals surface area contributed by atoms with E-state index in [9.17, 15) is 22.4 Å². The molecule has 0 amide bonds. The molecule has 0 fully saturated rings. The maximum atomic E-state index is 13.6. The first-order valence-electron chi connectivity index (χ1n) is 8.91. The lowest BCUT2D eigenvalue weighted by Gasteiger charge is -1.99. The van der Waals surface area contributed by atoms with Crippen molar-refractivity contribution in [2.45, 2.75) is 0 Å². The molecule has 0 aliphatic carbocycles. The number of alkyl halides is 1. The summed E-state index contributed by atoms with van der Waals surface area (Å²) in [6.07, 6.45) is 1.25. The molecule has 4 aromatic rings. The zero-order valence-electron chi connectivity index (χ0n) is 15.8. The van der Waals surface area contributed by atoms with E-state index in [0.717, 1.165) is 17.7 Å². The summed E-state index contributed by atoms with van der Waals surface area (Å²) in [5.74, 6) is -3.22. The largest absolute Gasteiger partial charge is 0.444 e. The van der Waals surface area contributed by atoms with Crippen molar-refractivity contribution in [2.24, 2.45) is 0 Å². The molecule has 0 aliphatic heterocycles. The van der Waals surface area contributed by atoms with Gasteiger partial charge in [-0.05, 0) is 36.4 Å². The van der Waals surface area contributed by atoms with Crippen LogP contribution < -0.4 is 0 Å². The number of carbonyl (C=O) groups excluding carboxylic acids is 1. The predicted octanol–water partition coefficient (Wildman–Crippen LogP) is 6.83. The number of hydrogen-bond acceptors (Lipinski definition) is 3. The van der Waals surface area contributed by atoms with Crippen LogP contribution in [0.4, 0.5) is 17.6 Å². The quantitative estimate of drug-likeness (QED) is 0.178. The fourth-order valence-corrected chi connectivity index (χ4v) is 2.96. The number of Topliss-reactive ketones (excluding diaryl/α,β-unsaturated/α-hetero) is 1. The molecule has 0 bridgehead atoms. The molecular formula is C23H14BrF4NO2. The van der Waals surface area contributed by atoms with Crippen molar-refractivity contribution in [1.82, 2.24) is 4.98 Å². The fourth-order valence-electron chi connectivity index (χ4n) is 2.68. The molecule has 0 atom stereocenters. The van der Waals surface area contributed by atoms with Gasteiger partial charge in [0.25, 0.3) is 0 Å². The molecular weight excluding hydrogens is 478 g/mol. The number of halogens is 5. The van der Waals surface area contributed by atoms with E-state index in [-0.39, 0.29) is 16.6 Å². The first kappa shape index (κ1) is 22.4. The van der Waals surface area contributed by atoms with Crippen LogP contribution in [-0.2, 0) is 0 Å². The van der Waals surface area contributed by atoms with Crippen LogP contribution in [0.25, 0.3) is 22.7 Å². The van der Waals surface area contributed by atoms with Crippen LogP contribution in [0.3, 0.4) is 0 Å². The van der Waals surface area contributed by atoms with E-state index in [4.69, 9.17) is 4.42 Å². The van der Waals surface area contributed by atoms with Gasteiger partial charge in [0.1, 0.15) is 35.2 Å². The standard InChI is InChI=1S/C15H9F2NO.C8H5BrF2O/c16-11-7-4-8-12(17)14(11)13-9-19-15(18-13)10-5-2-1-3-6-10;9-4-7(12)8-5(10)2-1-3-6(8)11/h1-9H;1-3H,4H2. The number of ketones is 1. The summed E-state index contributed by atoms with van der Waals surface area (Å²) >= 11 is 2.84. The second kappa shape index (κ2) is 10.2. The first-order valence-corrected chi connectivity index (χ1v) is 10.0. The van der Waals surface area contributed by atoms with Crippen molar-refractivity contribution >= 4 is 21.7 Å². The summed E-state index contributed by atoms with van der Waals surface area (Å²) in [5.41, 5.74) is 0.253. The highest BCUT2D eigenvalue weighted by Gasteiger charge is 2.16. The van der Waals surface area contributed by atoms with E-state index in [2.05, 4.69) is 20.9 Å². The molecule has 31 heavy (non-hydrogen) atoms. The van der Waals surface area contributed by atoms with Crippen LogP contribution in [0.15, 0.2) is 77.4 Å². The van der Waals surface area contributed by atoms with Gasteiger partial charge in [-0.15, -0.1) is 0 Å². The normalized spacial score (nSPS) is 10.4. The molecule has 158 valence electrons. The van der Waals surface area contributed by atoms with Crippen LogP contribution in [-0.4, -0.2) is 16.1 Å². The van der Waals surface area contributed by atoms with Crippen LogP contribution in [0, 0.1) is 23.3 Å². The van der Waals surface area contributed by atoms with E-state index in [0.29, 0.717) is 5.89 Å². The highest BCUT2D eigenvalue weighted by atomic mass is 79.9. The van der Waals surface area contributed by atoms with Crippen LogP contribution in [0.1, 0.15) is 10.4 Å². The second-order valence-electron chi connectivity index (χ2n) is 6.15. The van der Waals surface area contributed by atoms with E-state index < -0.39 is 34.6 Å². The Morgan fingerprint density at radius 3 is 1.90 bits per heavy atom. The van der Waals surface area contributed by atoms with Gasteiger partial charge in [-0.3, -0.25) is 4.79 Å². The monoisotopic (exact) mass is 491 g/mol. The number of aromatic nitrogens is 1. The summed E-state index contributed by atoms with van der Waals surface area (Å²) in [5, 5.41) is -0.0785. The second-order valence-corrected chi connectivity index (χ2v) is 6.71. The maximum Gasteiger partial charge on any atom is 0.226 e. The summed E-state index contributed by atoms with van der Waals surface area (Å²) in [4.78, 5) is 15.1. The van der Waals surface area contributed by atoms with E-state index in [1.165, 1.54) is 30.5 Å². The summed E-state index contributed by atoms with van der Waals surface area (Å²) in [7, 11) is 0. The van der Waals surface area contributed by atoms with Crippen molar-refractivity contribution in [3.8, 4) is 22.7 Å². The van der Waals surface area contributed by atoms with Gasteiger partial charge < -0.3 is 4.42 Å². The van der Waals surface area contributed by atoms with E-state index in [1.54, 1.807) is 0 Å². The molecule has 0 unspecified atom stereocenters. The van der Waals surface area contributed by atoms with Crippen LogP contribution in [0.5, 0.6) is 0 Å². The number of hydrogen-bond donors (Lipinski definition) is 0. The highest BCUT2D eigenvalue weighted by Crippen LogP contribution is 2.28. The summed E-state index contributed by atoms with van der Waals surface area (Å²) < 4.78 is 58.1. The molecule has 0 aliphatic rings. The molecule has 1 aromatic heterocycles. The minimum atomic E-state index is -0.820. The lowest BCUT2D eigenvalue weighted by molar-refractivity contribution is 0.101. The van der Waals surface area contributed by atoms with Gasteiger partial charge in [0, 0.05) is 5.56 Å². The number of rotatable bonds is 4. The molecule has 0 saturated carbocycles. The van der Waals surface area contributed by atoms with E-state index in [1.807, 2.05) is 30.3 Å². The van der Waals surface area contributed by atoms with Crippen molar-refractivity contribution in [2.75, 3.05) is 5.33 Å². The minimum absolute atomic E-state index is 0.0785. The van der Waals surface area contributed by atoms with Gasteiger partial charge in [0.2, 0.25) is 5.89 Å². The summed E-state index contributed by atoms with van der Waals surface area (Å²) in [6, 6.07) is 16.2. The Morgan fingerprint density at radius 2 is 1.35 bits per heavy atom. The zero-order valence-corrected chi connectivity index (χ0v) is 17.4. The molecule has 3 aromatic carbocycles. The van der Waals surface area contributed by atoms with Gasteiger partial charge >= 0.3 is 0 Å². The number of oxazole rings is 1. The Balaban J connectivity index is 0.000000196. The van der Waals surface area contributed by atoms with Crippen molar-refractivity contribution < 1.29 is 26.8 Å². The number of carbonyl (C=O) groups is 1. The number of nitrogens with zero attached hydrogens (tertiary/aromatic N) is 1. The molecule has 0 spiro atoms. The third-order valence-corrected chi connectivity index (χ3v) is 4.62. The molecule has 1 heterocycles. The van der Waals surface area contributed by atoms with Gasteiger partial charge in [0.05, 0.1) is 16.5 Å².